The average molecular weight is 244 g/mol. The van der Waals surface area contributed by atoms with Gasteiger partial charge >= 0.3 is 5.37 Å². The molecule has 0 saturated heterocycles. The highest BCUT2D eigenvalue weighted by atomic mass is 35.5. The predicted octanol–water partition coefficient (Wildman–Crippen LogP) is 3.93. The van der Waals surface area contributed by atoms with Crippen LogP contribution in [0.5, 0.6) is 0 Å². The maximum atomic E-state index is 11.0. The number of thiophene rings is 1. The summed E-state index contributed by atoms with van der Waals surface area (Å²) >= 11 is 7.11. The number of rotatable bonds is 3. The van der Waals surface area contributed by atoms with E-state index in [0.29, 0.717) is 5.92 Å². The second kappa shape index (κ2) is 4.99. The highest BCUT2D eigenvalue weighted by molar-refractivity contribution is 7.10. The Labute approximate surface area is 98.6 Å². The Morgan fingerprint density at radius 3 is 2.80 bits per heavy atom. The maximum absolute atomic E-state index is 11.0. The summed E-state index contributed by atoms with van der Waals surface area (Å²) in [5, 5.41) is 4.46. The first kappa shape index (κ1) is 11.0. The summed E-state index contributed by atoms with van der Waals surface area (Å²) in [6.45, 7) is 0. The molecule has 0 aromatic carbocycles. The van der Waals surface area contributed by atoms with Crippen LogP contribution in [-0.4, -0.2) is 5.37 Å². The molecule has 1 unspecified atom stereocenters. The SMILES string of the molecule is O=C(Cl)NC(c1cccs1)C1CCCC1. The van der Waals surface area contributed by atoms with Crippen LogP contribution in [0.4, 0.5) is 4.79 Å². The van der Waals surface area contributed by atoms with Gasteiger partial charge in [0.25, 0.3) is 0 Å². The monoisotopic (exact) mass is 243 g/mol. The lowest BCUT2D eigenvalue weighted by Gasteiger charge is -2.22. The third-order valence-electron chi connectivity index (χ3n) is 2.99. The van der Waals surface area contributed by atoms with E-state index < -0.39 is 5.37 Å². The molecule has 15 heavy (non-hydrogen) atoms. The van der Waals surface area contributed by atoms with Crippen LogP contribution in [0.1, 0.15) is 36.6 Å². The maximum Gasteiger partial charge on any atom is 0.314 e. The topological polar surface area (TPSA) is 29.1 Å². The van der Waals surface area contributed by atoms with Gasteiger partial charge in [0.2, 0.25) is 0 Å². The minimum Gasteiger partial charge on any atom is -0.335 e. The minimum absolute atomic E-state index is 0.123. The molecule has 0 aliphatic heterocycles. The van der Waals surface area contributed by atoms with Crippen molar-refractivity contribution in [2.24, 2.45) is 5.92 Å². The molecule has 1 atom stereocenters. The predicted molar refractivity (Wildman–Crippen MR) is 63.4 cm³/mol. The molecule has 0 radical (unpaired) electrons. The Morgan fingerprint density at radius 1 is 1.53 bits per heavy atom. The summed E-state index contributed by atoms with van der Waals surface area (Å²) in [5.74, 6) is 0.561. The van der Waals surface area contributed by atoms with E-state index in [2.05, 4.69) is 11.4 Å². The summed E-state index contributed by atoms with van der Waals surface area (Å²) in [6, 6.07) is 4.21. The van der Waals surface area contributed by atoms with Crippen LogP contribution in [0.25, 0.3) is 0 Å². The van der Waals surface area contributed by atoms with Crippen LogP contribution < -0.4 is 5.32 Å². The van der Waals surface area contributed by atoms with Crippen molar-refractivity contribution in [2.45, 2.75) is 31.7 Å². The Kier molecular flexibility index (Phi) is 3.65. The fourth-order valence-electron chi connectivity index (χ4n) is 2.30. The second-order valence-corrected chi connectivity index (χ2v) is 5.28. The van der Waals surface area contributed by atoms with E-state index in [9.17, 15) is 4.79 Å². The lowest BCUT2D eigenvalue weighted by molar-refractivity contribution is 0.251. The largest absolute Gasteiger partial charge is 0.335 e. The van der Waals surface area contributed by atoms with Crippen LogP contribution in [0.15, 0.2) is 17.5 Å². The first-order valence-corrected chi connectivity index (χ1v) is 6.52. The number of halogens is 1. The quantitative estimate of drug-likeness (QED) is 0.633. The second-order valence-electron chi connectivity index (χ2n) is 3.96. The third-order valence-corrected chi connectivity index (χ3v) is 4.05. The van der Waals surface area contributed by atoms with Gasteiger partial charge in [-0.3, -0.25) is 4.79 Å². The molecule has 0 bridgehead atoms. The number of hydrogen-bond acceptors (Lipinski definition) is 2. The van der Waals surface area contributed by atoms with Crippen molar-refractivity contribution < 1.29 is 4.79 Å². The molecule has 1 aliphatic rings. The third kappa shape index (κ3) is 2.73. The molecule has 2 rings (SSSR count). The van der Waals surface area contributed by atoms with Gasteiger partial charge in [-0.1, -0.05) is 18.9 Å². The molecule has 1 fully saturated rings. The number of amides is 1. The molecule has 1 heterocycles. The number of hydrogen-bond donors (Lipinski definition) is 1. The van der Waals surface area contributed by atoms with Crippen molar-refractivity contribution in [2.75, 3.05) is 0 Å². The highest BCUT2D eigenvalue weighted by Gasteiger charge is 2.27. The minimum atomic E-state index is -0.444. The first-order valence-electron chi connectivity index (χ1n) is 5.27. The Bertz CT molecular complexity index is 319. The van der Waals surface area contributed by atoms with E-state index in [1.165, 1.54) is 30.6 Å². The fraction of sp³-hybridized carbons (Fsp3) is 0.545. The van der Waals surface area contributed by atoms with Crippen molar-refractivity contribution in [3.63, 3.8) is 0 Å². The first-order chi connectivity index (χ1) is 7.27. The van der Waals surface area contributed by atoms with Crippen LogP contribution in [0.3, 0.4) is 0 Å². The van der Waals surface area contributed by atoms with Gasteiger partial charge in [0.15, 0.2) is 0 Å². The van der Waals surface area contributed by atoms with E-state index >= 15 is 0 Å². The molecule has 82 valence electrons. The molecule has 1 amide bonds. The summed E-state index contributed by atoms with van der Waals surface area (Å²) in [6.07, 6.45) is 4.93. The van der Waals surface area contributed by atoms with Gasteiger partial charge in [-0.25, -0.2) is 0 Å². The highest BCUT2D eigenvalue weighted by Crippen LogP contribution is 2.37. The molecule has 1 aliphatic carbocycles. The van der Waals surface area contributed by atoms with Crippen molar-refractivity contribution in [3.05, 3.63) is 22.4 Å². The molecular formula is C11H14ClNOS. The van der Waals surface area contributed by atoms with E-state index in [4.69, 9.17) is 11.6 Å². The number of carbonyl (C=O) groups is 1. The Morgan fingerprint density at radius 2 is 2.27 bits per heavy atom. The molecule has 2 nitrogen and oxygen atoms in total. The van der Waals surface area contributed by atoms with Crippen molar-refractivity contribution in [3.8, 4) is 0 Å². The zero-order chi connectivity index (χ0) is 10.7. The molecule has 1 aromatic rings. The molecule has 0 spiro atoms. The summed E-state index contributed by atoms with van der Waals surface area (Å²) < 4.78 is 0. The van der Waals surface area contributed by atoms with Crippen molar-refractivity contribution in [1.82, 2.24) is 5.32 Å². The standard InChI is InChI=1S/C11H14ClNOS/c12-11(14)13-10(8-4-1-2-5-8)9-6-3-7-15-9/h3,6-8,10H,1-2,4-5H2,(H,13,14). The molecule has 4 heteroatoms. The van der Waals surface area contributed by atoms with E-state index in [0.717, 1.165) is 0 Å². The van der Waals surface area contributed by atoms with Crippen LogP contribution in [-0.2, 0) is 0 Å². The van der Waals surface area contributed by atoms with Gasteiger partial charge in [0.1, 0.15) is 0 Å². The average Bonchev–Trinajstić information content (AvgIpc) is 2.87. The van der Waals surface area contributed by atoms with Crippen LogP contribution in [0.2, 0.25) is 0 Å². The van der Waals surface area contributed by atoms with E-state index in [1.54, 1.807) is 11.3 Å². The summed E-state index contributed by atoms with van der Waals surface area (Å²) in [7, 11) is 0. The zero-order valence-corrected chi connectivity index (χ0v) is 9.98. The van der Waals surface area contributed by atoms with Gasteiger partial charge in [0, 0.05) is 4.88 Å². The summed E-state index contributed by atoms with van der Waals surface area (Å²) in [5.41, 5.74) is 0. The molecule has 1 N–H and O–H groups in total. The van der Waals surface area contributed by atoms with Gasteiger partial charge in [0.05, 0.1) is 6.04 Å². The number of nitrogens with one attached hydrogen (secondary N) is 1. The number of carbonyl (C=O) groups excluding carboxylic acids is 1. The smallest absolute Gasteiger partial charge is 0.314 e. The van der Waals surface area contributed by atoms with Gasteiger partial charge in [-0.15, -0.1) is 11.3 Å². The molecule has 1 saturated carbocycles. The summed E-state index contributed by atoms with van der Waals surface area (Å²) in [4.78, 5) is 12.2. The van der Waals surface area contributed by atoms with Crippen molar-refractivity contribution in [1.29, 1.82) is 0 Å². The van der Waals surface area contributed by atoms with Crippen molar-refractivity contribution >= 4 is 28.3 Å². The van der Waals surface area contributed by atoms with Crippen LogP contribution >= 0.6 is 22.9 Å². The molecular weight excluding hydrogens is 230 g/mol. The Balaban J connectivity index is 2.12. The van der Waals surface area contributed by atoms with Gasteiger partial charge in [-0.05, 0) is 41.8 Å². The zero-order valence-electron chi connectivity index (χ0n) is 8.41. The normalized spacial score (nSPS) is 19.0. The van der Waals surface area contributed by atoms with Gasteiger partial charge in [-0.2, -0.15) is 0 Å². The van der Waals surface area contributed by atoms with E-state index in [1.807, 2.05) is 11.4 Å². The van der Waals surface area contributed by atoms with E-state index in [-0.39, 0.29) is 6.04 Å². The van der Waals surface area contributed by atoms with Gasteiger partial charge < -0.3 is 5.32 Å². The fourth-order valence-corrected chi connectivity index (χ4v) is 3.29. The molecule has 1 aromatic heterocycles. The Hall–Kier alpha value is -0.540. The van der Waals surface area contributed by atoms with Crippen LogP contribution in [0, 0.1) is 5.92 Å². The lowest BCUT2D eigenvalue weighted by Crippen LogP contribution is -2.28. The lowest BCUT2D eigenvalue weighted by atomic mass is 9.97.